The van der Waals surface area contributed by atoms with Crippen LogP contribution < -0.4 is 10.1 Å². The Morgan fingerprint density at radius 2 is 1.95 bits per heavy atom. The summed E-state index contributed by atoms with van der Waals surface area (Å²) in [6.07, 6.45) is 1.08. The third-order valence-electron chi connectivity index (χ3n) is 3.77. The molecule has 1 fully saturated rings. The smallest absolute Gasteiger partial charge is 0.263 e. The summed E-state index contributed by atoms with van der Waals surface area (Å²) in [7, 11) is 1.91. The Bertz CT molecular complexity index is 508. The van der Waals surface area contributed by atoms with E-state index in [-0.39, 0.29) is 24.1 Å². The van der Waals surface area contributed by atoms with Crippen molar-refractivity contribution in [1.29, 1.82) is 0 Å². The van der Waals surface area contributed by atoms with Gasteiger partial charge in [-0.15, -0.1) is 12.4 Å². The molecule has 124 valence electrons. The van der Waals surface area contributed by atoms with Gasteiger partial charge >= 0.3 is 0 Å². The molecule has 1 aromatic carbocycles. The van der Waals surface area contributed by atoms with Crippen LogP contribution in [-0.4, -0.2) is 43.1 Å². The molecular formula is C15H21ClF2N2O2. The summed E-state index contributed by atoms with van der Waals surface area (Å²) < 4.78 is 31.4. The van der Waals surface area contributed by atoms with Gasteiger partial charge in [0, 0.05) is 25.2 Å². The molecule has 4 nitrogen and oxygen atoms in total. The monoisotopic (exact) mass is 334 g/mol. The van der Waals surface area contributed by atoms with E-state index in [2.05, 4.69) is 5.32 Å². The first-order valence-corrected chi connectivity index (χ1v) is 7.09. The molecule has 0 spiro atoms. The number of nitrogens with zero attached hydrogens (tertiary/aromatic N) is 1. The third-order valence-corrected chi connectivity index (χ3v) is 3.77. The molecule has 1 amide bonds. The number of carbonyl (C=O) groups excluding carboxylic acids is 1. The molecule has 1 aliphatic heterocycles. The molecule has 7 heteroatoms. The lowest BCUT2D eigenvalue weighted by atomic mass is 10.0. The minimum Gasteiger partial charge on any atom is -0.481 e. The topological polar surface area (TPSA) is 41.6 Å². The van der Waals surface area contributed by atoms with E-state index in [9.17, 15) is 13.6 Å². The summed E-state index contributed by atoms with van der Waals surface area (Å²) in [4.78, 5) is 14.0. The molecule has 22 heavy (non-hydrogen) atoms. The van der Waals surface area contributed by atoms with Gasteiger partial charge in [0.1, 0.15) is 5.75 Å². The van der Waals surface area contributed by atoms with Crippen molar-refractivity contribution < 1.29 is 18.3 Å². The molecular weight excluding hydrogens is 314 g/mol. The number of hydrogen-bond donors (Lipinski definition) is 1. The first-order valence-electron chi connectivity index (χ1n) is 7.09. The van der Waals surface area contributed by atoms with Crippen molar-refractivity contribution in [3.8, 4) is 5.75 Å². The standard InChI is InChI=1S/C15H20F2N2O2.ClH/c1-10(21-12-3-4-13(16)14(17)9-12)15(20)19-7-5-11(18-2)6-8-19;/h3-4,9-11,18H,5-8H2,1-2H3;1H. The van der Waals surface area contributed by atoms with E-state index in [1.54, 1.807) is 11.8 Å². The van der Waals surface area contributed by atoms with Crippen molar-refractivity contribution in [1.82, 2.24) is 10.2 Å². The molecule has 0 saturated carbocycles. The molecule has 1 aliphatic rings. The third kappa shape index (κ3) is 4.55. The fourth-order valence-electron chi connectivity index (χ4n) is 2.45. The van der Waals surface area contributed by atoms with Crippen molar-refractivity contribution in [2.75, 3.05) is 20.1 Å². The molecule has 1 heterocycles. The maximum Gasteiger partial charge on any atom is 0.263 e. The summed E-state index contributed by atoms with van der Waals surface area (Å²) >= 11 is 0. The Kier molecular flexibility index (Phi) is 7.03. The SMILES string of the molecule is CNC1CCN(C(=O)C(C)Oc2ccc(F)c(F)c2)CC1.Cl. The highest BCUT2D eigenvalue weighted by Crippen LogP contribution is 2.18. The van der Waals surface area contributed by atoms with Crippen LogP contribution >= 0.6 is 12.4 Å². The van der Waals surface area contributed by atoms with Crippen LogP contribution in [0.5, 0.6) is 5.75 Å². The zero-order valence-corrected chi connectivity index (χ0v) is 13.5. The van der Waals surface area contributed by atoms with E-state index < -0.39 is 17.7 Å². The van der Waals surface area contributed by atoms with Gasteiger partial charge < -0.3 is 15.0 Å². The summed E-state index contributed by atoms with van der Waals surface area (Å²) in [5.41, 5.74) is 0. The highest BCUT2D eigenvalue weighted by molar-refractivity contribution is 5.85. The van der Waals surface area contributed by atoms with Gasteiger partial charge in [0.2, 0.25) is 0 Å². The second kappa shape index (κ2) is 8.29. The molecule has 1 saturated heterocycles. The van der Waals surface area contributed by atoms with Crippen molar-refractivity contribution in [2.45, 2.75) is 31.9 Å². The number of hydrogen-bond acceptors (Lipinski definition) is 3. The second-order valence-corrected chi connectivity index (χ2v) is 5.22. The Hall–Kier alpha value is -1.40. The highest BCUT2D eigenvalue weighted by atomic mass is 35.5. The summed E-state index contributed by atoms with van der Waals surface area (Å²) in [6.45, 7) is 2.97. The van der Waals surface area contributed by atoms with Gasteiger partial charge in [-0.2, -0.15) is 0 Å². The highest BCUT2D eigenvalue weighted by Gasteiger charge is 2.26. The lowest BCUT2D eigenvalue weighted by Gasteiger charge is -2.33. The van der Waals surface area contributed by atoms with E-state index in [4.69, 9.17) is 4.74 Å². The van der Waals surface area contributed by atoms with Crippen molar-refractivity contribution in [3.05, 3.63) is 29.8 Å². The molecule has 1 aromatic rings. The molecule has 0 aliphatic carbocycles. The maximum absolute atomic E-state index is 13.1. The van der Waals surface area contributed by atoms with Crippen LogP contribution in [0.1, 0.15) is 19.8 Å². The minimum atomic E-state index is -0.984. The van der Waals surface area contributed by atoms with E-state index in [0.717, 1.165) is 25.0 Å². The van der Waals surface area contributed by atoms with Gasteiger partial charge in [0.15, 0.2) is 17.7 Å². The summed E-state index contributed by atoms with van der Waals surface area (Å²) in [6, 6.07) is 3.69. The number of rotatable bonds is 4. The number of ether oxygens (including phenoxy) is 1. The van der Waals surface area contributed by atoms with Crippen LogP contribution in [0.15, 0.2) is 18.2 Å². The Morgan fingerprint density at radius 1 is 1.32 bits per heavy atom. The zero-order chi connectivity index (χ0) is 15.4. The van der Waals surface area contributed by atoms with Gasteiger partial charge in [-0.05, 0) is 38.9 Å². The second-order valence-electron chi connectivity index (χ2n) is 5.22. The van der Waals surface area contributed by atoms with Gasteiger partial charge in [-0.1, -0.05) is 0 Å². The number of likely N-dealkylation sites (tertiary alicyclic amines) is 1. The predicted octanol–water partition coefficient (Wildman–Crippen LogP) is 2.36. The quantitative estimate of drug-likeness (QED) is 0.919. The normalized spacial score (nSPS) is 16.8. The Morgan fingerprint density at radius 3 is 2.50 bits per heavy atom. The largest absolute Gasteiger partial charge is 0.481 e. The van der Waals surface area contributed by atoms with Gasteiger partial charge in [0.25, 0.3) is 5.91 Å². The van der Waals surface area contributed by atoms with Crippen LogP contribution in [0.4, 0.5) is 8.78 Å². The van der Waals surface area contributed by atoms with Gasteiger partial charge in [-0.25, -0.2) is 8.78 Å². The molecule has 0 bridgehead atoms. The number of nitrogens with one attached hydrogen (secondary N) is 1. The molecule has 0 radical (unpaired) electrons. The number of benzene rings is 1. The number of halogens is 3. The van der Waals surface area contributed by atoms with Gasteiger partial charge in [-0.3, -0.25) is 4.79 Å². The zero-order valence-electron chi connectivity index (χ0n) is 12.6. The van der Waals surface area contributed by atoms with E-state index in [0.29, 0.717) is 19.1 Å². The van der Waals surface area contributed by atoms with E-state index >= 15 is 0 Å². The summed E-state index contributed by atoms with van der Waals surface area (Å²) in [5, 5.41) is 3.20. The van der Waals surface area contributed by atoms with Crippen LogP contribution in [0, 0.1) is 11.6 Å². The average Bonchev–Trinajstić information content (AvgIpc) is 2.50. The number of amides is 1. The fourth-order valence-corrected chi connectivity index (χ4v) is 2.45. The van der Waals surface area contributed by atoms with E-state index in [1.165, 1.54) is 6.07 Å². The van der Waals surface area contributed by atoms with Gasteiger partial charge in [0.05, 0.1) is 0 Å². The molecule has 0 aromatic heterocycles. The molecule has 1 N–H and O–H groups in total. The molecule has 1 unspecified atom stereocenters. The van der Waals surface area contributed by atoms with Crippen LogP contribution in [0.2, 0.25) is 0 Å². The van der Waals surface area contributed by atoms with E-state index in [1.807, 2.05) is 7.05 Å². The van der Waals surface area contributed by atoms with Crippen molar-refractivity contribution >= 4 is 18.3 Å². The van der Waals surface area contributed by atoms with Crippen LogP contribution in [0.25, 0.3) is 0 Å². The Balaban J connectivity index is 0.00000242. The minimum absolute atomic E-state index is 0. The van der Waals surface area contributed by atoms with Crippen molar-refractivity contribution in [2.24, 2.45) is 0 Å². The van der Waals surface area contributed by atoms with Crippen LogP contribution in [0.3, 0.4) is 0 Å². The number of piperidine rings is 1. The maximum atomic E-state index is 13.1. The van der Waals surface area contributed by atoms with Crippen LogP contribution in [-0.2, 0) is 4.79 Å². The average molecular weight is 335 g/mol. The Labute approximate surface area is 135 Å². The lowest BCUT2D eigenvalue weighted by Crippen LogP contribution is -2.48. The molecule has 2 rings (SSSR count). The first-order chi connectivity index (χ1) is 10.0. The van der Waals surface area contributed by atoms with Crippen molar-refractivity contribution in [3.63, 3.8) is 0 Å². The summed E-state index contributed by atoms with van der Waals surface area (Å²) in [5.74, 6) is -1.90. The number of carbonyl (C=O) groups is 1. The molecule has 1 atom stereocenters. The first kappa shape index (κ1) is 18.6. The predicted molar refractivity (Wildman–Crippen MR) is 82.4 cm³/mol. The fraction of sp³-hybridized carbons (Fsp3) is 0.533. The lowest BCUT2D eigenvalue weighted by molar-refractivity contribution is -0.139.